The molecule has 0 aliphatic heterocycles. The molecule has 184 valence electrons. The number of para-hydroxylation sites is 3. The van der Waals surface area contributed by atoms with Crippen LogP contribution in [0.25, 0.3) is 66.1 Å². The number of halogens is 1. The van der Waals surface area contributed by atoms with E-state index < -0.39 is 0 Å². The van der Waals surface area contributed by atoms with Crippen molar-refractivity contribution < 1.29 is 0 Å². The van der Waals surface area contributed by atoms with Gasteiger partial charge in [-0.1, -0.05) is 82.7 Å². The van der Waals surface area contributed by atoms with Crippen LogP contribution in [0, 0.1) is 0 Å². The second-order valence-electron chi connectivity index (χ2n) is 9.98. The van der Waals surface area contributed by atoms with Crippen LogP contribution in [-0.4, -0.2) is 9.13 Å². The first-order chi connectivity index (χ1) is 19.3. The maximum atomic E-state index is 3.71. The van der Waals surface area contributed by atoms with Gasteiger partial charge >= 0.3 is 0 Å². The van der Waals surface area contributed by atoms with Crippen molar-refractivity contribution in [3.8, 4) is 22.5 Å². The van der Waals surface area contributed by atoms with E-state index in [1.807, 2.05) is 0 Å². The van der Waals surface area contributed by atoms with Crippen molar-refractivity contribution in [1.29, 1.82) is 0 Å². The predicted molar refractivity (Wildman–Crippen MR) is 168 cm³/mol. The first kappa shape index (κ1) is 22.4. The molecule has 3 heteroatoms. The highest BCUT2D eigenvalue weighted by molar-refractivity contribution is 9.10. The zero-order valence-corrected chi connectivity index (χ0v) is 22.6. The molecule has 0 bridgehead atoms. The molecule has 39 heavy (non-hydrogen) atoms. The number of benzene rings is 6. The average molecular weight is 563 g/mol. The molecule has 0 aliphatic rings. The van der Waals surface area contributed by atoms with Crippen molar-refractivity contribution >= 4 is 59.5 Å². The third kappa shape index (κ3) is 3.47. The number of aromatic nitrogens is 2. The predicted octanol–water partition coefficient (Wildman–Crippen LogP) is 10.3. The van der Waals surface area contributed by atoms with Crippen LogP contribution >= 0.6 is 15.9 Å². The van der Waals surface area contributed by atoms with E-state index in [4.69, 9.17) is 0 Å². The third-order valence-electron chi connectivity index (χ3n) is 7.76. The molecule has 6 aromatic carbocycles. The summed E-state index contributed by atoms with van der Waals surface area (Å²) < 4.78 is 5.81. The smallest absolute Gasteiger partial charge is 0.0541 e. The zero-order valence-electron chi connectivity index (χ0n) is 21.1. The molecule has 8 aromatic rings. The number of rotatable bonds is 3. The lowest BCUT2D eigenvalue weighted by Crippen LogP contribution is -1.93. The Morgan fingerprint density at radius 3 is 1.38 bits per heavy atom. The summed E-state index contributed by atoms with van der Waals surface area (Å²) in [4.78, 5) is 0. The molecule has 0 radical (unpaired) electrons. The van der Waals surface area contributed by atoms with Crippen LogP contribution in [0.5, 0.6) is 0 Å². The molecule has 0 atom stereocenters. The van der Waals surface area contributed by atoms with Gasteiger partial charge in [-0.15, -0.1) is 0 Å². The second kappa shape index (κ2) is 8.72. The molecule has 0 saturated heterocycles. The lowest BCUT2D eigenvalue weighted by molar-refractivity contribution is 1.18. The molecule has 2 heterocycles. The first-order valence-corrected chi connectivity index (χ1v) is 13.9. The molecule has 0 spiro atoms. The Hall–Kier alpha value is -4.60. The largest absolute Gasteiger partial charge is 0.309 e. The van der Waals surface area contributed by atoms with Gasteiger partial charge in [-0.25, -0.2) is 0 Å². The molecule has 0 saturated carbocycles. The molecule has 0 N–H and O–H groups in total. The molecule has 0 amide bonds. The summed E-state index contributed by atoms with van der Waals surface area (Å²) in [5, 5.41) is 5.02. The molecular formula is C36H23BrN2. The summed E-state index contributed by atoms with van der Waals surface area (Å²) in [6, 6.07) is 50.2. The minimum Gasteiger partial charge on any atom is -0.309 e. The highest BCUT2D eigenvalue weighted by Gasteiger charge is 2.16. The zero-order chi connectivity index (χ0) is 25.9. The standard InChI is InChI=1S/C36H23BrN2/c37-26-17-20-36-32(23-26)31-22-25(16-19-35(31)39(36)28-11-5-2-6-12-28)24-15-18-34-30(21-24)29-13-7-8-14-33(29)38(34)27-9-3-1-4-10-27/h1-23H. The van der Waals surface area contributed by atoms with Crippen LogP contribution < -0.4 is 0 Å². The number of fused-ring (bicyclic) bond motifs is 6. The Labute approximate surface area is 234 Å². The third-order valence-corrected chi connectivity index (χ3v) is 8.26. The Morgan fingerprint density at radius 1 is 0.359 bits per heavy atom. The molecule has 0 aliphatic carbocycles. The Morgan fingerprint density at radius 2 is 0.795 bits per heavy atom. The van der Waals surface area contributed by atoms with E-state index in [0.29, 0.717) is 0 Å². The van der Waals surface area contributed by atoms with Crippen LogP contribution in [0.15, 0.2) is 144 Å². The van der Waals surface area contributed by atoms with Crippen LogP contribution in [0.2, 0.25) is 0 Å². The summed E-state index contributed by atoms with van der Waals surface area (Å²) in [5.41, 5.74) is 9.64. The van der Waals surface area contributed by atoms with Gasteiger partial charge in [0, 0.05) is 37.4 Å². The highest BCUT2D eigenvalue weighted by Crippen LogP contribution is 2.38. The van der Waals surface area contributed by atoms with Gasteiger partial charge in [0.25, 0.3) is 0 Å². The summed E-state index contributed by atoms with van der Waals surface area (Å²) in [5.74, 6) is 0. The van der Waals surface area contributed by atoms with Crippen molar-refractivity contribution in [1.82, 2.24) is 9.13 Å². The lowest BCUT2D eigenvalue weighted by Gasteiger charge is -2.09. The first-order valence-electron chi connectivity index (χ1n) is 13.1. The number of nitrogens with zero attached hydrogens (tertiary/aromatic N) is 2. The van der Waals surface area contributed by atoms with Gasteiger partial charge < -0.3 is 9.13 Å². The summed E-state index contributed by atoms with van der Waals surface area (Å²) in [7, 11) is 0. The van der Waals surface area contributed by atoms with E-state index in [0.717, 1.165) is 4.47 Å². The summed E-state index contributed by atoms with van der Waals surface area (Å²) in [6.45, 7) is 0. The monoisotopic (exact) mass is 562 g/mol. The molecular weight excluding hydrogens is 540 g/mol. The van der Waals surface area contributed by atoms with Gasteiger partial charge in [-0.3, -0.25) is 0 Å². The van der Waals surface area contributed by atoms with Gasteiger partial charge in [0.1, 0.15) is 0 Å². The van der Waals surface area contributed by atoms with Crippen molar-refractivity contribution in [3.63, 3.8) is 0 Å². The maximum Gasteiger partial charge on any atom is 0.0541 e. The van der Waals surface area contributed by atoms with Crippen molar-refractivity contribution in [2.24, 2.45) is 0 Å². The summed E-state index contributed by atoms with van der Waals surface area (Å²) >= 11 is 3.71. The summed E-state index contributed by atoms with van der Waals surface area (Å²) in [6.07, 6.45) is 0. The SMILES string of the molecule is Brc1ccc2c(c1)c1cc(-c3ccc4c(c3)c3ccccc3n4-c3ccccc3)ccc1n2-c1ccccc1. The quantitative estimate of drug-likeness (QED) is 0.202. The molecule has 0 unspecified atom stereocenters. The van der Waals surface area contributed by atoms with Crippen molar-refractivity contribution in [2.75, 3.05) is 0 Å². The van der Waals surface area contributed by atoms with Crippen LogP contribution in [0.1, 0.15) is 0 Å². The van der Waals surface area contributed by atoms with Gasteiger partial charge in [0.05, 0.1) is 22.1 Å². The fourth-order valence-electron chi connectivity index (χ4n) is 6.04. The maximum absolute atomic E-state index is 3.71. The highest BCUT2D eigenvalue weighted by atomic mass is 79.9. The van der Waals surface area contributed by atoms with Crippen LogP contribution in [-0.2, 0) is 0 Å². The van der Waals surface area contributed by atoms with Gasteiger partial charge in [0.15, 0.2) is 0 Å². The normalized spacial score (nSPS) is 11.7. The molecule has 0 fully saturated rings. The van der Waals surface area contributed by atoms with E-state index >= 15 is 0 Å². The topological polar surface area (TPSA) is 9.86 Å². The Bertz CT molecular complexity index is 2170. The minimum absolute atomic E-state index is 1.09. The lowest BCUT2D eigenvalue weighted by atomic mass is 10.0. The van der Waals surface area contributed by atoms with Gasteiger partial charge in [0.2, 0.25) is 0 Å². The fraction of sp³-hybridized carbons (Fsp3) is 0. The second-order valence-corrected chi connectivity index (χ2v) is 10.9. The average Bonchev–Trinajstić information content (AvgIpc) is 3.50. The minimum atomic E-state index is 1.09. The molecule has 8 rings (SSSR count). The van der Waals surface area contributed by atoms with E-state index in [1.54, 1.807) is 0 Å². The van der Waals surface area contributed by atoms with E-state index in [9.17, 15) is 0 Å². The van der Waals surface area contributed by atoms with E-state index in [2.05, 4.69) is 165 Å². The van der Waals surface area contributed by atoms with Gasteiger partial charge in [-0.05, 0) is 83.9 Å². The van der Waals surface area contributed by atoms with E-state index in [1.165, 1.54) is 66.1 Å². The Balaban J connectivity index is 1.37. The van der Waals surface area contributed by atoms with Gasteiger partial charge in [-0.2, -0.15) is 0 Å². The number of hydrogen-bond donors (Lipinski definition) is 0. The van der Waals surface area contributed by atoms with Crippen molar-refractivity contribution in [3.05, 3.63) is 144 Å². The Kier molecular flexibility index (Phi) is 5.01. The van der Waals surface area contributed by atoms with Crippen molar-refractivity contribution in [2.45, 2.75) is 0 Å². The number of hydrogen-bond acceptors (Lipinski definition) is 0. The molecule has 2 aromatic heterocycles. The van der Waals surface area contributed by atoms with E-state index in [-0.39, 0.29) is 0 Å². The fourth-order valence-corrected chi connectivity index (χ4v) is 6.40. The van der Waals surface area contributed by atoms with Crippen LogP contribution in [0.3, 0.4) is 0 Å². The molecule has 2 nitrogen and oxygen atoms in total. The van der Waals surface area contributed by atoms with Crippen LogP contribution in [0.4, 0.5) is 0 Å².